The number of carbonyl (C=O) groups excluding carboxylic acids is 1. The first-order chi connectivity index (χ1) is 10.4. The highest BCUT2D eigenvalue weighted by atomic mass is 16.7. The van der Waals surface area contributed by atoms with Crippen molar-refractivity contribution in [1.29, 1.82) is 0 Å². The van der Waals surface area contributed by atoms with Crippen molar-refractivity contribution in [1.82, 2.24) is 0 Å². The van der Waals surface area contributed by atoms with Crippen molar-refractivity contribution < 1.29 is 19.0 Å². The Morgan fingerprint density at radius 3 is 2.45 bits per heavy atom. The Morgan fingerprint density at radius 1 is 1.18 bits per heavy atom. The van der Waals surface area contributed by atoms with Gasteiger partial charge in [-0.15, -0.1) is 0 Å². The monoisotopic (exact) mass is 305 g/mol. The van der Waals surface area contributed by atoms with Crippen LogP contribution in [-0.4, -0.2) is 25.7 Å². The summed E-state index contributed by atoms with van der Waals surface area (Å²) in [5.74, 6) is 0.209. The minimum atomic E-state index is -0.619. The van der Waals surface area contributed by atoms with Gasteiger partial charge in [-0.05, 0) is 51.2 Å². The van der Waals surface area contributed by atoms with Crippen molar-refractivity contribution in [3.05, 3.63) is 22.3 Å². The van der Waals surface area contributed by atoms with Crippen LogP contribution in [0.1, 0.15) is 60.5 Å². The molecular weight excluding hydrogens is 282 g/mol. The van der Waals surface area contributed by atoms with Crippen LogP contribution in [-0.2, 0) is 22.3 Å². The molecule has 0 fully saturated rings. The molecule has 120 valence electrons. The first-order valence-electron chi connectivity index (χ1n) is 7.65. The molecule has 1 unspecified atom stereocenters. The third kappa shape index (κ3) is 2.24. The van der Waals surface area contributed by atoms with Crippen LogP contribution >= 0.6 is 0 Å². The minimum Gasteiger partial charge on any atom is -0.494 e. The summed E-state index contributed by atoms with van der Waals surface area (Å²) in [6.45, 7) is 6.28. The zero-order valence-electron chi connectivity index (χ0n) is 13.8. The lowest BCUT2D eigenvalue weighted by Gasteiger charge is -2.27. The normalized spacial score (nSPS) is 19.7. The van der Waals surface area contributed by atoms with E-state index >= 15 is 0 Å². The van der Waals surface area contributed by atoms with Gasteiger partial charge in [-0.3, -0.25) is 0 Å². The molecule has 0 aromatic heterocycles. The summed E-state index contributed by atoms with van der Waals surface area (Å²) in [6.07, 6.45) is 2.36. The first kappa shape index (κ1) is 15.2. The van der Waals surface area contributed by atoms with Crippen LogP contribution in [0.4, 0.5) is 5.69 Å². The van der Waals surface area contributed by atoms with Gasteiger partial charge in [0.25, 0.3) is 0 Å². The number of nitrogens with one attached hydrogen (secondary N) is 1. The predicted molar refractivity (Wildman–Crippen MR) is 83.6 cm³/mol. The van der Waals surface area contributed by atoms with Crippen molar-refractivity contribution in [2.45, 2.75) is 51.9 Å². The number of carbonyl (C=O) groups is 1. The topological polar surface area (TPSA) is 56.8 Å². The second-order valence-electron chi connectivity index (χ2n) is 6.86. The number of methoxy groups -OCH3 is 2. The Bertz CT molecular complexity index is 631. The van der Waals surface area contributed by atoms with Crippen LogP contribution in [0.2, 0.25) is 0 Å². The van der Waals surface area contributed by atoms with Crippen LogP contribution in [0.5, 0.6) is 5.75 Å². The molecule has 22 heavy (non-hydrogen) atoms. The molecule has 0 bridgehead atoms. The number of ether oxygens (including phenoxy) is 3. The maximum Gasteiger partial charge on any atom is 0.345 e. The van der Waals surface area contributed by atoms with Gasteiger partial charge >= 0.3 is 5.97 Å². The van der Waals surface area contributed by atoms with Crippen molar-refractivity contribution >= 4 is 11.7 Å². The molecule has 5 nitrogen and oxygen atoms in total. The predicted octanol–water partition coefficient (Wildman–Crippen LogP) is 3.21. The highest BCUT2D eigenvalue weighted by Crippen LogP contribution is 2.49. The summed E-state index contributed by atoms with van der Waals surface area (Å²) in [5, 5.41) is 3.51. The summed E-state index contributed by atoms with van der Waals surface area (Å²) < 4.78 is 16.3. The molecule has 1 aromatic carbocycles. The van der Waals surface area contributed by atoms with E-state index in [-0.39, 0.29) is 11.5 Å². The lowest BCUT2D eigenvalue weighted by atomic mass is 9.94. The van der Waals surface area contributed by atoms with Gasteiger partial charge < -0.3 is 19.5 Å². The molecule has 2 aliphatic rings. The maximum atomic E-state index is 12.3. The van der Waals surface area contributed by atoms with Gasteiger partial charge in [0.1, 0.15) is 5.56 Å². The molecule has 1 aliphatic heterocycles. The number of esters is 1. The van der Waals surface area contributed by atoms with Crippen molar-refractivity contribution in [2.75, 3.05) is 19.5 Å². The summed E-state index contributed by atoms with van der Waals surface area (Å²) in [4.78, 5) is 12.3. The SMILES string of the molecule is COc1c(NC(C)(C)C)c2c(c3c1C(=O)OC3OC)CCC2. The summed E-state index contributed by atoms with van der Waals surface area (Å²) in [7, 11) is 3.15. The highest BCUT2D eigenvalue weighted by molar-refractivity contribution is 6.00. The summed E-state index contributed by atoms with van der Waals surface area (Å²) in [6, 6.07) is 0. The van der Waals surface area contributed by atoms with E-state index in [0.29, 0.717) is 11.3 Å². The zero-order chi connectivity index (χ0) is 16.1. The number of hydrogen-bond donors (Lipinski definition) is 1. The standard InChI is InChI=1S/C17H23NO4/c1-17(2,3)18-13-10-8-6-7-9(10)11-12(14(13)20-4)15(19)22-16(11)21-5/h16,18H,6-8H2,1-5H3. The highest BCUT2D eigenvalue weighted by Gasteiger charge is 2.41. The molecule has 0 saturated heterocycles. The molecular formula is C17H23NO4. The minimum absolute atomic E-state index is 0.124. The summed E-state index contributed by atoms with van der Waals surface area (Å²) in [5.41, 5.74) is 4.58. The van der Waals surface area contributed by atoms with E-state index in [0.717, 1.165) is 30.5 Å². The number of fused-ring (bicyclic) bond motifs is 3. The van der Waals surface area contributed by atoms with Crippen molar-refractivity contribution in [3.63, 3.8) is 0 Å². The quantitative estimate of drug-likeness (QED) is 0.869. The fraction of sp³-hybridized carbons (Fsp3) is 0.588. The fourth-order valence-electron chi connectivity index (χ4n) is 3.41. The molecule has 3 rings (SSSR count). The Hall–Kier alpha value is -1.75. The molecule has 1 heterocycles. The van der Waals surface area contributed by atoms with Gasteiger partial charge in [0.2, 0.25) is 6.29 Å². The van der Waals surface area contributed by atoms with Gasteiger partial charge in [0.05, 0.1) is 12.8 Å². The number of anilines is 1. The smallest absolute Gasteiger partial charge is 0.345 e. The maximum absolute atomic E-state index is 12.3. The molecule has 5 heteroatoms. The van der Waals surface area contributed by atoms with Gasteiger partial charge in [0, 0.05) is 18.2 Å². The molecule has 0 spiro atoms. The molecule has 1 aliphatic carbocycles. The van der Waals surface area contributed by atoms with E-state index in [1.807, 2.05) is 0 Å². The first-order valence-corrected chi connectivity index (χ1v) is 7.65. The molecule has 1 aromatic rings. The van der Waals surface area contributed by atoms with Gasteiger partial charge in [0.15, 0.2) is 5.75 Å². The Morgan fingerprint density at radius 2 is 1.86 bits per heavy atom. The zero-order valence-corrected chi connectivity index (χ0v) is 13.8. The van der Waals surface area contributed by atoms with Gasteiger partial charge in [-0.1, -0.05) is 0 Å². The van der Waals surface area contributed by atoms with E-state index < -0.39 is 6.29 Å². The lowest BCUT2D eigenvalue weighted by molar-refractivity contribution is -0.0819. The summed E-state index contributed by atoms with van der Waals surface area (Å²) >= 11 is 0. The van der Waals surface area contributed by atoms with Crippen LogP contribution < -0.4 is 10.1 Å². The molecule has 0 amide bonds. The van der Waals surface area contributed by atoms with Gasteiger partial charge in [-0.2, -0.15) is 0 Å². The van der Waals surface area contributed by atoms with E-state index in [4.69, 9.17) is 14.2 Å². The van der Waals surface area contributed by atoms with Crippen molar-refractivity contribution in [3.8, 4) is 5.75 Å². The number of benzene rings is 1. The molecule has 0 radical (unpaired) electrons. The second kappa shape index (κ2) is 5.16. The Balaban J connectivity index is 2.28. The van der Waals surface area contributed by atoms with E-state index in [2.05, 4.69) is 26.1 Å². The van der Waals surface area contributed by atoms with Crippen LogP contribution in [0.15, 0.2) is 0 Å². The van der Waals surface area contributed by atoms with Crippen molar-refractivity contribution in [2.24, 2.45) is 0 Å². The second-order valence-corrected chi connectivity index (χ2v) is 6.86. The third-order valence-corrected chi connectivity index (χ3v) is 4.14. The molecule has 0 saturated carbocycles. The van der Waals surface area contributed by atoms with E-state index in [9.17, 15) is 4.79 Å². The Kier molecular flexibility index (Phi) is 3.56. The number of hydrogen-bond acceptors (Lipinski definition) is 5. The van der Waals surface area contributed by atoms with Gasteiger partial charge in [-0.25, -0.2) is 4.79 Å². The Labute approximate surface area is 130 Å². The molecule has 1 atom stereocenters. The number of rotatable bonds is 3. The fourth-order valence-corrected chi connectivity index (χ4v) is 3.41. The average molecular weight is 305 g/mol. The average Bonchev–Trinajstić information content (AvgIpc) is 3.02. The van der Waals surface area contributed by atoms with E-state index in [1.165, 1.54) is 11.1 Å². The molecule has 1 N–H and O–H groups in total. The van der Waals surface area contributed by atoms with Crippen LogP contribution in [0.3, 0.4) is 0 Å². The van der Waals surface area contributed by atoms with Crippen LogP contribution in [0.25, 0.3) is 0 Å². The largest absolute Gasteiger partial charge is 0.494 e. The van der Waals surface area contributed by atoms with E-state index in [1.54, 1.807) is 14.2 Å². The van der Waals surface area contributed by atoms with Crippen LogP contribution in [0, 0.1) is 0 Å². The number of cyclic esters (lactones) is 1. The third-order valence-electron chi connectivity index (χ3n) is 4.14. The lowest BCUT2D eigenvalue weighted by Crippen LogP contribution is -2.27.